The van der Waals surface area contributed by atoms with Gasteiger partial charge in [0.05, 0.1) is 0 Å². The summed E-state index contributed by atoms with van der Waals surface area (Å²) in [7, 11) is -1.98. The fourth-order valence-electron chi connectivity index (χ4n) is 4.51. The first-order valence-electron chi connectivity index (χ1n) is 7.38. The Kier molecular flexibility index (Phi) is 2.99. The number of fused-ring (bicyclic) bond motifs is 2. The van der Waals surface area contributed by atoms with Gasteiger partial charge in [0.25, 0.3) is 0 Å². The van der Waals surface area contributed by atoms with Crippen LogP contribution in [0.1, 0.15) is 40.0 Å². The van der Waals surface area contributed by atoms with Gasteiger partial charge < -0.3 is 5.73 Å². The topological polar surface area (TPSA) is 90.0 Å². The molecule has 6 nitrogen and oxygen atoms in total. The van der Waals surface area contributed by atoms with Crippen LogP contribution in [0.15, 0.2) is 11.1 Å². The number of anilines is 1. The second kappa shape index (κ2) is 4.23. The molecule has 21 heavy (non-hydrogen) atoms. The molecule has 3 unspecified atom stereocenters. The Balaban J connectivity index is 1.94. The molecule has 118 valence electrons. The normalized spacial score (nSPS) is 34.5. The average Bonchev–Trinajstić information content (AvgIpc) is 2.94. The molecular weight excluding hydrogens is 288 g/mol. The van der Waals surface area contributed by atoms with Crippen molar-refractivity contribution in [1.29, 1.82) is 0 Å². The molecule has 2 saturated carbocycles. The van der Waals surface area contributed by atoms with E-state index in [2.05, 4.69) is 30.6 Å². The molecule has 1 aromatic heterocycles. The molecule has 2 bridgehead atoms. The standard InChI is InChI=1S/C14H24N4O2S/c1-13(2)9-5-6-14(3,7-9)12(13)17-21(19,20)10-8-18(4)16-11(10)15/h8-9,12,17H,5-7H2,1-4H3,(H2,15,16). The van der Waals surface area contributed by atoms with Gasteiger partial charge in [-0.3, -0.25) is 4.68 Å². The number of hydrogen-bond donors (Lipinski definition) is 2. The Morgan fingerprint density at radius 3 is 2.57 bits per heavy atom. The Morgan fingerprint density at radius 2 is 2.10 bits per heavy atom. The highest BCUT2D eigenvalue weighted by atomic mass is 32.2. The third-order valence-corrected chi connectivity index (χ3v) is 7.09. The molecule has 1 heterocycles. The van der Waals surface area contributed by atoms with Gasteiger partial charge in [-0.2, -0.15) is 5.10 Å². The number of rotatable bonds is 3. The van der Waals surface area contributed by atoms with Crippen molar-refractivity contribution in [1.82, 2.24) is 14.5 Å². The van der Waals surface area contributed by atoms with Crippen molar-refractivity contribution < 1.29 is 8.42 Å². The van der Waals surface area contributed by atoms with Crippen molar-refractivity contribution in [2.75, 3.05) is 5.73 Å². The fraction of sp³-hybridized carbons (Fsp3) is 0.786. The zero-order valence-corrected chi connectivity index (χ0v) is 13.9. The van der Waals surface area contributed by atoms with E-state index in [1.807, 2.05) is 0 Å². The Labute approximate surface area is 126 Å². The molecule has 2 fully saturated rings. The van der Waals surface area contributed by atoms with Gasteiger partial charge in [-0.25, -0.2) is 13.1 Å². The molecule has 0 amide bonds. The van der Waals surface area contributed by atoms with Gasteiger partial charge in [0, 0.05) is 19.3 Å². The zero-order valence-electron chi connectivity index (χ0n) is 13.0. The Hall–Kier alpha value is -1.08. The van der Waals surface area contributed by atoms with Crippen molar-refractivity contribution in [3.05, 3.63) is 6.20 Å². The van der Waals surface area contributed by atoms with E-state index in [9.17, 15) is 8.42 Å². The number of nitrogens with two attached hydrogens (primary N) is 1. The van der Waals surface area contributed by atoms with E-state index in [4.69, 9.17) is 5.73 Å². The largest absolute Gasteiger partial charge is 0.381 e. The number of nitrogen functional groups attached to an aromatic ring is 1. The van der Waals surface area contributed by atoms with E-state index in [0.29, 0.717) is 5.92 Å². The molecule has 0 aliphatic heterocycles. The Morgan fingerprint density at radius 1 is 1.43 bits per heavy atom. The van der Waals surface area contributed by atoms with Crippen molar-refractivity contribution in [2.45, 2.75) is 51.0 Å². The highest BCUT2D eigenvalue weighted by molar-refractivity contribution is 7.89. The number of nitrogens with zero attached hydrogens (tertiary/aromatic N) is 2. The highest BCUT2D eigenvalue weighted by Gasteiger charge is 2.60. The summed E-state index contributed by atoms with van der Waals surface area (Å²) in [5, 5.41) is 3.93. The number of nitrogens with one attached hydrogen (secondary N) is 1. The maximum atomic E-state index is 12.7. The average molecular weight is 312 g/mol. The Bertz CT molecular complexity index is 674. The fourth-order valence-corrected chi connectivity index (χ4v) is 6.14. The van der Waals surface area contributed by atoms with Gasteiger partial charge in [-0.05, 0) is 36.0 Å². The smallest absolute Gasteiger partial charge is 0.246 e. The molecule has 0 radical (unpaired) electrons. The van der Waals surface area contributed by atoms with Gasteiger partial charge >= 0.3 is 0 Å². The van der Waals surface area contributed by atoms with Crippen molar-refractivity contribution in [3.8, 4) is 0 Å². The summed E-state index contributed by atoms with van der Waals surface area (Å²) in [4.78, 5) is 0.0761. The van der Waals surface area contributed by atoms with Crippen LogP contribution in [0.25, 0.3) is 0 Å². The lowest BCUT2D eigenvalue weighted by Crippen LogP contribution is -2.52. The second-order valence-electron chi connectivity index (χ2n) is 7.52. The first-order chi connectivity index (χ1) is 9.56. The molecule has 0 spiro atoms. The molecular formula is C14H24N4O2S. The van der Waals surface area contributed by atoms with Gasteiger partial charge in [0.15, 0.2) is 5.82 Å². The van der Waals surface area contributed by atoms with Crippen LogP contribution in [0.2, 0.25) is 0 Å². The monoisotopic (exact) mass is 312 g/mol. The molecule has 0 aromatic carbocycles. The van der Waals surface area contributed by atoms with E-state index in [0.717, 1.165) is 12.8 Å². The third-order valence-electron chi connectivity index (χ3n) is 5.65. The van der Waals surface area contributed by atoms with Crippen LogP contribution in [0.5, 0.6) is 0 Å². The number of hydrogen-bond acceptors (Lipinski definition) is 4. The molecule has 0 saturated heterocycles. The number of sulfonamides is 1. The van der Waals surface area contributed by atoms with Crippen molar-refractivity contribution in [2.24, 2.45) is 23.8 Å². The molecule has 7 heteroatoms. The minimum Gasteiger partial charge on any atom is -0.381 e. The van der Waals surface area contributed by atoms with Crippen LogP contribution in [0, 0.1) is 16.7 Å². The van der Waals surface area contributed by atoms with E-state index in [-0.39, 0.29) is 27.6 Å². The summed E-state index contributed by atoms with van der Waals surface area (Å²) in [6, 6.07) is -0.0617. The van der Waals surface area contributed by atoms with E-state index in [1.165, 1.54) is 17.3 Å². The van der Waals surface area contributed by atoms with Crippen LogP contribution in [-0.4, -0.2) is 24.2 Å². The van der Waals surface area contributed by atoms with Crippen molar-refractivity contribution >= 4 is 15.8 Å². The maximum absolute atomic E-state index is 12.7. The summed E-state index contributed by atoms with van der Waals surface area (Å²) >= 11 is 0. The minimum absolute atomic E-state index is 0.0307. The van der Waals surface area contributed by atoms with E-state index in [1.54, 1.807) is 7.05 Å². The van der Waals surface area contributed by atoms with Crippen LogP contribution in [0.4, 0.5) is 5.82 Å². The summed E-state index contributed by atoms with van der Waals surface area (Å²) in [5.41, 5.74) is 5.74. The van der Waals surface area contributed by atoms with Gasteiger partial charge in [-0.1, -0.05) is 20.8 Å². The summed E-state index contributed by atoms with van der Waals surface area (Å²) < 4.78 is 29.7. The van der Waals surface area contributed by atoms with Gasteiger partial charge in [0.2, 0.25) is 10.0 Å². The first-order valence-corrected chi connectivity index (χ1v) is 8.86. The van der Waals surface area contributed by atoms with Crippen LogP contribution in [0.3, 0.4) is 0 Å². The number of aryl methyl sites for hydroxylation is 1. The zero-order chi connectivity index (χ0) is 15.6. The predicted octanol–water partition coefficient (Wildman–Crippen LogP) is 1.50. The maximum Gasteiger partial charge on any atom is 0.246 e. The van der Waals surface area contributed by atoms with Gasteiger partial charge in [0.1, 0.15) is 4.90 Å². The second-order valence-corrected chi connectivity index (χ2v) is 9.20. The highest BCUT2D eigenvalue weighted by Crippen LogP contribution is 2.62. The van der Waals surface area contributed by atoms with E-state index >= 15 is 0 Å². The van der Waals surface area contributed by atoms with Crippen molar-refractivity contribution in [3.63, 3.8) is 0 Å². The SMILES string of the molecule is Cn1cc(S(=O)(=O)NC2C3(C)CCC(C3)C2(C)C)c(N)n1. The lowest BCUT2D eigenvalue weighted by molar-refractivity contribution is 0.127. The summed E-state index contributed by atoms with van der Waals surface area (Å²) in [5.74, 6) is 0.637. The minimum atomic E-state index is -3.64. The van der Waals surface area contributed by atoms with Crippen LogP contribution < -0.4 is 10.5 Å². The predicted molar refractivity (Wildman–Crippen MR) is 81.0 cm³/mol. The number of aromatic nitrogens is 2. The quantitative estimate of drug-likeness (QED) is 0.885. The lowest BCUT2D eigenvalue weighted by atomic mass is 9.69. The summed E-state index contributed by atoms with van der Waals surface area (Å²) in [6.07, 6.45) is 4.82. The molecule has 1 aromatic rings. The third kappa shape index (κ3) is 2.09. The molecule has 2 aliphatic carbocycles. The van der Waals surface area contributed by atoms with Crippen LogP contribution >= 0.6 is 0 Å². The van der Waals surface area contributed by atoms with Crippen LogP contribution in [-0.2, 0) is 17.1 Å². The molecule has 3 rings (SSSR count). The summed E-state index contributed by atoms with van der Waals surface area (Å²) in [6.45, 7) is 6.53. The molecule has 3 atom stereocenters. The molecule has 2 aliphatic rings. The lowest BCUT2D eigenvalue weighted by Gasteiger charge is -2.42. The first kappa shape index (κ1) is 14.8. The van der Waals surface area contributed by atoms with Gasteiger partial charge in [-0.15, -0.1) is 0 Å². The molecule has 3 N–H and O–H groups in total. The van der Waals surface area contributed by atoms with E-state index < -0.39 is 10.0 Å².